The second-order valence-corrected chi connectivity index (χ2v) is 4.78. The number of carbonyl (C=O) groups excluding carboxylic acids is 1. The zero-order valence-corrected chi connectivity index (χ0v) is 11.7. The topological polar surface area (TPSA) is 46.4 Å². The molecule has 104 valence electrons. The first-order valence-electron chi connectivity index (χ1n) is 6.68. The largest absolute Gasteiger partial charge is 0.350 e. The number of aromatic nitrogens is 1. The van der Waals surface area contributed by atoms with Gasteiger partial charge in [0.25, 0.3) is 5.91 Å². The van der Waals surface area contributed by atoms with Crippen molar-refractivity contribution in [1.82, 2.24) is 9.99 Å². The van der Waals surface area contributed by atoms with Crippen molar-refractivity contribution in [3.63, 3.8) is 0 Å². The number of hydrogen-bond donors (Lipinski definition) is 1. The van der Waals surface area contributed by atoms with Crippen LogP contribution in [0.2, 0.25) is 0 Å². The third-order valence-electron chi connectivity index (χ3n) is 3.33. The van der Waals surface area contributed by atoms with E-state index in [0.29, 0.717) is 5.56 Å². The average molecular weight is 277 g/mol. The fourth-order valence-corrected chi connectivity index (χ4v) is 2.29. The molecule has 0 spiro atoms. The van der Waals surface area contributed by atoms with Gasteiger partial charge in [-0.3, -0.25) is 4.79 Å². The first kappa shape index (κ1) is 13.1. The Labute approximate surface area is 122 Å². The minimum atomic E-state index is -0.216. The quantitative estimate of drug-likeness (QED) is 0.580. The molecule has 0 radical (unpaired) electrons. The van der Waals surface area contributed by atoms with Crippen LogP contribution in [0, 0.1) is 0 Å². The zero-order chi connectivity index (χ0) is 14.7. The Morgan fingerprint density at radius 1 is 1.10 bits per heavy atom. The number of para-hydroxylation sites is 1. The Kier molecular flexibility index (Phi) is 3.51. The van der Waals surface area contributed by atoms with E-state index in [1.165, 1.54) is 0 Å². The molecule has 4 heteroatoms. The summed E-state index contributed by atoms with van der Waals surface area (Å²) >= 11 is 0. The fourth-order valence-electron chi connectivity index (χ4n) is 2.29. The molecule has 0 unspecified atom stereocenters. The van der Waals surface area contributed by atoms with Gasteiger partial charge in [0, 0.05) is 35.3 Å². The second kappa shape index (κ2) is 5.63. The van der Waals surface area contributed by atoms with E-state index in [0.717, 1.165) is 16.5 Å². The van der Waals surface area contributed by atoms with E-state index in [-0.39, 0.29) is 5.91 Å². The third-order valence-corrected chi connectivity index (χ3v) is 3.33. The van der Waals surface area contributed by atoms with Crippen LogP contribution in [0.25, 0.3) is 10.9 Å². The molecule has 0 bridgehead atoms. The van der Waals surface area contributed by atoms with Gasteiger partial charge in [0.05, 0.1) is 6.21 Å². The van der Waals surface area contributed by atoms with Gasteiger partial charge in [0.15, 0.2) is 0 Å². The van der Waals surface area contributed by atoms with Crippen molar-refractivity contribution in [2.75, 3.05) is 0 Å². The van der Waals surface area contributed by atoms with Crippen LogP contribution in [0.1, 0.15) is 15.9 Å². The van der Waals surface area contributed by atoms with E-state index in [1.807, 2.05) is 54.2 Å². The number of nitrogens with zero attached hydrogens (tertiary/aromatic N) is 2. The molecule has 21 heavy (non-hydrogen) atoms. The highest BCUT2D eigenvalue weighted by atomic mass is 16.2. The van der Waals surface area contributed by atoms with E-state index >= 15 is 0 Å². The van der Waals surface area contributed by atoms with Crippen LogP contribution in [0.5, 0.6) is 0 Å². The van der Waals surface area contributed by atoms with Gasteiger partial charge in [-0.1, -0.05) is 36.4 Å². The number of hydrogen-bond acceptors (Lipinski definition) is 2. The van der Waals surface area contributed by atoms with E-state index in [2.05, 4.69) is 16.6 Å². The lowest BCUT2D eigenvalue weighted by molar-refractivity contribution is 0.0955. The molecule has 0 saturated heterocycles. The summed E-state index contributed by atoms with van der Waals surface area (Å²) in [7, 11) is 1.99. The first-order chi connectivity index (χ1) is 10.3. The monoisotopic (exact) mass is 277 g/mol. The number of aryl methyl sites for hydroxylation is 1. The molecule has 0 fully saturated rings. The van der Waals surface area contributed by atoms with Crippen LogP contribution in [0.4, 0.5) is 0 Å². The third kappa shape index (κ3) is 2.69. The molecule has 4 nitrogen and oxygen atoms in total. The normalized spacial score (nSPS) is 11.1. The smallest absolute Gasteiger partial charge is 0.271 e. The van der Waals surface area contributed by atoms with Crippen molar-refractivity contribution >= 4 is 23.0 Å². The highest BCUT2D eigenvalue weighted by Crippen LogP contribution is 2.18. The lowest BCUT2D eigenvalue weighted by Crippen LogP contribution is -2.17. The number of fused-ring (bicyclic) bond motifs is 1. The van der Waals surface area contributed by atoms with Crippen LogP contribution in [-0.2, 0) is 7.05 Å². The lowest BCUT2D eigenvalue weighted by atomic mass is 10.2. The van der Waals surface area contributed by atoms with Gasteiger partial charge in [-0.15, -0.1) is 0 Å². The molecule has 2 aromatic carbocycles. The number of carbonyl (C=O) groups is 1. The molecule has 1 N–H and O–H groups in total. The van der Waals surface area contributed by atoms with E-state index < -0.39 is 0 Å². The molecule has 0 saturated carbocycles. The molecule has 0 aliphatic heterocycles. The first-order valence-corrected chi connectivity index (χ1v) is 6.68. The van der Waals surface area contributed by atoms with Gasteiger partial charge in [0.1, 0.15) is 0 Å². The standard InChI is InChI=1S/C17H15N3O/c1-20-12-14(15-9-5-6-10-16(15)20)11-18-19-17(21)13-7-3-2-4-8-13/h2-12H,1H3,(H,19,21)/b18-11-. The minimum Gasteiger partial charge on any atom is -0.350 e. The Balaban J connectivity index is 1.78. The van der Waals surface area contributed by atoms with E-state index in [1.54, 1.807) is 18.3 Å². The van der Waals surface area contributed by atoms with Gasteiger partial charge in [-0.25, -0.2) is 5.43 Å². The Morgan fingerprint density at radius 2 is 1.81 bits per heavy atom. The second-order valence-electron chi connectivity index (χ2n) is 4.78. The number of benzene rings is 2. The molecule has 3 rings (SSSR count). The molecule has 3 aromatic rings. The summed E-state index contributed by atoms with van der Waals surface area (Å²) in [6.45, 7) is 0. The summed E-state index contributed by atoms with van der Waals surface area (Å²) in [5, 5.41) is 5.15. The molecular weight excluding hydrogens is 262 g/mol. The summed E-state index contributed by atoms with van der Waals surface area (Å²) in [4.78, 5) is 11.9. The summed E-state index contributed by atoms with van der Waals surface area (Å²) in [6, 6.07) is 17.1. The number of amides is 1. The van der Waals surface area contributed by atoms with Crippen LogP contribution >= 0.6 is 0 Å². The lowest BCUT2D eigenvalue weighted by Gasteiger charge is -1.98. The highest BCUT2D eigenvalue weighted by Gasteiger charge is 2.04. The molecule has 0 atom stereocenters. The summed E-state index contributed by atoms with van der Waals surface area (Å²) in [5.41, 5.74) is 5.24. The van der Waals surface area contributed by atoms with Crippen molar-refractivity contribution in [2.45, 2.75) is 0 Å². The Hall–Kier alpha value is -2.88. The summed E-state index contributed by atoms with van der Waals surface area (Å²) in [5.74, 6) is -0.216. The highest BCUT2D eigenvalue weighted by molar-refractivity contribution is 6.00. The van der Waals surface area contributed by atoms with Gasteiger partial charge in [-0.05, 0) is 18.2 Å². The van der Waals surface area contributed by atoms with Crippen molar-refractivity contribution in [3.05, 3.63) is 71.9 Å². The Morgan fingerprint density at radius 3 is 2.62 bits per heavy atom. The fraction of sp³-hybridized carbons (Fsp3) is 0.0588. The molecule has 0 aliphatic carbocycles. The van der Waals surface area contributed by atoms with Crippen LogP contribution < -0.4 is 5.43 Å². The molecule has 1 heterocycles. The van der Waals surface area contributed by atoms with Crippen molar-refractivity contribution in [2.24, 2.45) is 12.1 Å². The molecule has 1 aromatic heterocycles. The van der Waals surface area contributed by atoms with Gasteiger partial charge in [-0.2, -0.15) is 5.10 Å². The van der Waals surface area contributed by atoms with Crippen molar-refractivity contribution in [1.29, 1.82) is 0 Å². The van der Waals surface area contributed by atoms with Crippen LogP contribution in [-0.4, -0.2) is 16.7 Å². The molecule has 0 aliphatic rings. The average Bonchev–Trinajstić information content (AvgIpc) is 2.85. The van der Waals surface area contributed by atoms with Crippen molar-refractivity contribution in [3.8, 4) is 0 Å². The van der Waals surface area contributed by atoms with Gasteiger partial charge in [0.2, 0.25) is 0 Å². The Bertz CT molecular complexity index is 803. The SMILES string of the molecule is Cn1cc(/C=N\NC(=O)c2ccccc2)c2ccccc21. The molecular formula is C17H15N3O. The van der Waals surface area contributed by atoms with E-state index in [9.17, 15) is 4.79 Å². The number of nitrogens with one attached hydrogen (secondary N) is 1. The molecule has 1 amide bonds. The van der Waals surface area contributed by atoms with E-state index in [4.69, 9.17) is 0 Å². The van der Waals surface area contributed by atoms with Crippen LogP contribution in [0.15, 0.2) is 65.9 Å². The number of rotatable bonds is 3. The summed E-state index contributed by atoms with van der Waals surface area (Å²) in [6.07, 6.45) is 3.66. The number of hydrazone groups is 1. The predicted octanol–water partition coefficient (Wildman–Crippen LogP) is 2.94. The maximum atomic E-state index is 11.9. The van der Waals surface area contributed by atoms with Gasteiger partial charge < -0.3 is 4.57 Å². The van der Waals surface area contributed by atoms with Gasteiger partial charge >= 0.3 is 0 Å². The maximum Gasteiger partial charge on any atom is 0.271 e. The minimum absolute atomic E-state index is 0.216. The predicted molar refractivity (Wildman–Crippen MR) is 84.4 cm³/mol. The summed E-state index contributed by atoms with van der Waals surface area (Å²) < 4.78 is 2.04. The zero-order valence-electron chi connectivity index (χ0n) is 11.7. The van der Waals surface area contributed by atoms with Crippen molar-refractivity contribution < 1.29 is 4.79 Å². The maximum absolute atomic E-state index is 11.9. The van der Waals surface area contributed by atoms with Crippen LogP contribution in [0.3, 0.4) is 0 Å².